The minimum absolute atomic E-state index is 0.277. The van der Waals surface area contributed by atoms with Crippen LogP contribution in [0.2, 0.25) is 0 Å². The Labute approximate surface area is 88.1 Å². The molecule has 0 spiro atoms. The molecule has 1 aliphatic rings. The van der Waals surface area contributed by atoms with E-state index >= 15 is 0 Å². The third-order valence-corrected chi connectivity index (χ3v) is 3.59. The Morgan fingerprint density at radius 1 is 1.43 bits per heavy atom. The third-order valence-electron chi connectivity index (χ3n) is 3.59. The van der Waals surface area contributed by atoms with Crippen molar-refractivity contribution in [2.24, 2.45) is 11.8 Å². The van der Waals surface area contributed by atoms with Crippen LogP contribution in [0.1, 0.15) is 46.5 Å². The molecule has 84 valence electrons. The van der Waals surface area contributed by atoms with E-state index in [0.29, 0.717) is 6.61 Å². The Balaban J connectivity index is 2.36. The van der Waals surface area contributed by atoms with E-state index in [4.69, 9.17) is 5.11 Å². The maximum Gasteiger partial charge on any atom is 0.0448 e. The van der Waals surface area contributed by atoms with Crippen molar-refractivity contribution in [3.05, 3.63) is 0 Å². The van der Waals surface area contributed by atoms with Crippen molar-refractivity contribution in [3.8, 4) is 0 Å². The molecule has 0 atom stereocenters. The molecule has 0 amide bonds. The fourth-order valence-electron chi connectivity index (χ4n) is 2.46. The van der Waals surface area contributed by atoms with Crippen LogP contribution in [0.4, 0.5) is 0 Å². The number of hydrogen-bond donors (Lipinski definition) is 2. The summed E-state index contributed by atoms with van der Waals surface area (Å²) in [6.45, 7) is 8.20. The first-order chi connectivity index (χ1) is 6.63. The van der Waals surface area contributed by atoms with Crippen LogP contribution in [0.15, 0.2) is 0 Å². The van der Waals surface area contributed by atoms with Crippen molar-refractivity contribution in [1.82, 2.24) is 5.32 Å². The lowest BCUT2D eigenvalue weighted by Crippen LogP contribution is -2.57. The molecule has 1 fully saturated rings. The number of hydrogen-bond acceptors (Lipinski definition) is 2. The summed E-state index contributed by atoms with van der Waals surface area (Å²) >= 11 is 0. The molecule has 0 bridgehead atoms. The molecule has 1 rings (SSSR count). The summed E-state index contributed by atoms with van der Waals surface area (Å²) in [5.41, 5.74) is 0.277. The number of nitrogens with one attached hydrogen (secondary N) is 1. The smallest absolute Gasteiger partial charge is 0.0448 e. The average molecular weight is 199 g/mol. The second-order valence-electron chi connectivity index (χ2n) is 5.09. The molecule has 0 aromatic carbocycles. The predicted molar refractivity (Wildman–Crippen MR) is 60.3 cm³/mol. The maximum absolute atomic E-state index is 9.05. The lowest BCUT2D eigenvalue weighted by molar-refractivity contribution is 0.0469. The molecule has 0 heterocycles. The van der Waals surface area contributed by atoms with E-state index in [9.17, 15) is 0 Å². The summed E-state index contributed by atoms with van der Waals surface area (Å²) in [6.07, 6.45) is 4.62. The monoisotopic (exact) mass is 199 g/mol. The molecular formula is C12H25NO. The molecule has 2 heteroatoms. The Bertz CT molecular complexity index is 162. The first-order valence-electron chi connectivity index (χ1n) is 5.99. The quantitative estimate of drug-likeness (QED) is 0.687. The highest BCUT2D eigenvalue weighted by molar-refractivity contribution is 5.01. The van der Waals surface area contributed by atoms with Gasteiger partial charge in [0.05, 0.1) is 0 Å². The van der Waals surface area contributed by atoms with Crippen LogP contribution in [-0.2, 0) is 0 Å². The van der Waals surface area contributed by atoms with Crippen molar-refractivity contribution in [3.63, 3.8) is 0 Å². The predicted octanol–water partition coefficient (Wildman–Crippen LogP) is 2.17. The van der Waals surface area contributed by atoms with E-state index in [0.717, 1.165) is 24.8 Å². The first-order valence-corrected chi connectivity index (χ1v) is 5.99. The third kappa shape index (κ3) is 2.71. The lowest BCUT2D eigenvalue weighted by Gasteiger charge is -2.50. The van der Waals surface area contributed by atoms with E-state index in [2.05, 4.69) is 26.1 Å². The van der Waals surface area contributed by atoms with Crippen LogP contribution in [0, 0.1) is 11.8 Å². The summed E-state index contributed by atoms with van der Waals surface area (Å²) in [6, 6.07) is 0. The van der Waals surface area contributed by atoms with E-state index in [1.165, 1.54) is 19.3 Å². The van der Waals surface area contributed by atoms with Gasteiger partial charge in [0.15, 0.2) is 0 Å². The Morgan fingerprint density at radius 2 is 2.07 bits per heavy atom. The number of aliphatic hydroxyl groups excluding tert-OH is 1. The van der Waals surface area contributed by atoms with Gasteiger partial charge in [-0.15, -0.1) is 0 Å². The largest absolute Gasteiger partial charge is 0.396 e. The van der Waals surface area contributed by atoms with E-state index < -0.39 is 0 Å². The molecule has 0 unspecified atom stereocenters. The minimum Gasteiger partial charge on any atom is -0.396 e. The normalized spacial score (nSPS) is 31.9. The SMILES string of the molecule is CCCNC1(CCO)CC(C(C)C)C1. The van der Waals surface area contributed by atoms with Gasteiger partial charge in [0.25, 0.3) is 0 Å². The average Bonchev–Trinajstić information content (AvgIpc) is 2.08. The van der Waals surface area contributed by atoms with Gasteiger partial charge in [-0.3, -0.25) is 0 Å². The van der Waals surface area contributed by atoms with E-state index in [-0.39, 0.29) is 5.54 Å². The molecule has 2 N–H and O–H groups in total. The zero-order valence-corrected chi connectivity index (χ0v) is 9.84. The van der Waals surface area contributed by atoms with Gasteiger partial charge >= 0.3 is 0 Å². The lowest BCUT2D eigenvalue weighted by atomic mass is 9.62. The van der Waals surface area contributed by atoms with Gasteiger partial charge in [-0.1, -0.05) is 20.8 Å². The molecule has 0 radical (unpaired) electrons. The van der Waals surface area contributed by atoms with Crippen LogP contribution >= 0.6 is 0 Å². The standard InChI is InChI=1S/C12H25NO/c1-4-6-13-12(5-7-14)8-11(9-12)10(2)3/h10-11,13-14H,4-9H2,1-3H3. The van der Waals surface area contributed by atoms with Crippen molar-refractivity contribution < 1.29 is 5.11 Å². The van der Waals surface area contributed by atoms with Gasteiger partial charge in [-0.05, 0) is 44.1 Å². The van der Waals surface area contributed by atoms with Gasteiger partial charge in [0.2, 0.25) is 0 Å². The van der Waals surface area contributed by atoms with Gasteiger partial charge in [0, 0.05) is 12.1 Å². The van der Waals surface area contributed by atoms with E-state index in [1.807, 2.05) is 0 Å². The topological polar surface area (TPSA) is 32.3 Å². The van der Waals surface area contributed by atoms with Crippen LogP contribution in [0.25, 0.3) is 0 Å². The highest BCUT2D eigenvalue weighted by Crippen LogP contribution is 2.44. The van der Waals surface area contributed by atoms with Crippen molar-refractivity contribution in [2.75, 3.05) is 13.2 Å². The summed E-state index contributed by atoms with van der Waals surface area (Å²) in [5.74, 6) is 1.66. The highest BCUT2D eigenvalue weighted by Gasteiger charge is 2.43. The fourth-order valence-corrected chi connectivity index (χ4v) is 2.46. The molecule has 2 nitrogen and oxygen atoms in total. The number of rotatable bonds is 6. The van der Waals surface area contributed by atoms with Gasteiger partial charge in [-0.2, -0.15) is 0 Å². The molecule has 0 aromatic rings. The molecule has 0 aliphatic heterocycles. The van der Waals surface area contributed by atoms with Crippen LogP contribution < -0.4 is 5.32 Å². The second-order valence-corrected chi connectivity index (χ2v) is 5.09. The molecule has 14 heavy (non-hydrogen) atoms. The zero-order chi connectivity index (χ0) is 10.6. The molecular weight excluding hydrogens is 174 g/mol. The summed E-state index contributed by atoms with van der Waals surface area (Å²) in [7, 11) is 0. The molecule has 1 aliphatic carbocycles. The molecule has 0 aromatic heterocycles. The molecule has 0 saturated heterocycles. The second kappa shape index (κ2) is 5.13. The van der Waals surface area contributed by atoms with Crippen LogP contribution in [0.3, 0.4) is 0 Å². The maximum atomic E-state index is 9.05. The van der Waals surface area contributed by atoms with E-state index in [1.54, 1.807) is 0 Å². The number of aliphatic hydroxyl groups is 1. The van der Waals surface area contributed by atoms with Gasteiger partial charge in [0.1, 0.15) is 0 Å². The van der Waals surface area contributed by atoms with Crippen molar-refractivity contribution in [2.45, 2.75) is 52.0 Å². The summed E-state index contributed by atoms with van der Waals surface area (Å²) < 4.78 is 0. The fraction of sp³-hybridized carbons (Fsp3) is 1.00. The van der Waals surface area contributed by atoms with Crippen LogP contribution in [0.5, 0.6) is 0 Å². The van der Waals surface area contributed by atoms with Crippen molar-refractivity contribution >= 4 is 0 Å². The Kier molecular flexibility index (Phi) is 4.39. The Morgan fingerprint density at radius 3 is 2.50 bits per heavy atom. The first kappa shape index (κ1) is 12.0. The zero-order valence-electron chi connectivity index (χ0n) is 9.84. The van der Waals surface area contributed by atoms with Gasteiger partial charge < -0.3 is 10.4 Å². The van der Waals surface area contributed by atoms with Crippen LogP contribution in [-0.4, -0.2) is 23.8 Å². The van der Waals surface area contributed by atoms with Crippen molar-refractivity contribution in [1.29, 1.82) is 0 Å². The molecule has 1 saturated carbocycles. The van der Waals surface area contributed by atoms with Gasteiger partial charge in [-0.25, -0.2) is 0 Å². The highest BCUT2D eigenvalue weighted by atomic mass is 16.3. The minimum atomic E-state index is 0.277. The summed E-state index contributed by atoms with van der Waals surface area (Å²) in [5, 5.41) is 12.7. The summed E-state index contributed by atoms with van der Waals surface area (Å²) in [4.78, 5) is 0. The Hall–Kier alpha value is -0.0800.